The molecule has 1 unspecified atom stereocenters. The fourth-order valence-corrected chi connectivity index (χ4v) is 3.59. The van der Waals surface area contributed by atoms with Gasteiger partial charge in [0.25, 0.3) is 5.91 Å². The van der Waals surface area contributed by atoms with Crippen molar-refractivity contribution < 1.29 is 9.53 Å². The lowest BCUT2D eigenvalue weighted by Crippen LogP contribution is -2.45. The number of methoxy groups -OCH3 is 1. The van der Waals surface area contributed by atoms with Crippen LogP contribution in [0.5, 0.6) is 5.75 Å². The zero-order valence-electron chi connectivity index (χ0n) is 16.8. The van der Waals surface area contributed by atoms with E-state index < -0.39 is 0 Å². The number of amides is 1. The van der Waals surface area contributed by atoms with Crippen molar-refractivity contribution in [1.29, 1.82) is 0 Å². The maximum atomic E-state index is 13.1. The highest BCUT2D eigenvalue weighted by molar-refractivity contribution is 6.00. The fourth-order valence-electron chi connectivity index (χ4n) is 3.59. The van der Waals surface area contributed by atoms with Gasteiger partial charge >= 0.3 is 0 Å². The third-order valence-corrected chi connectivity index (χ3v) is 5.23. The molecule has 0 aliphatic carbocycles. The molecular formula is C23H26N4O2. The lowest BCUT2D eigenvalue weighted by molar-refractivity contribution is 0.0931. The van der Waals surface area contributed by atoms with Gasteiger partial charge in [-0.3, -0.25) is 4.79 Å². The highest BCUT2D eigenvalue weighted by Crippen LogP contribution is 2.27. The Balaban J connectivity index is 1.72. The van der Waals surface area contributed by atoms with E-state index in [4.69, 9.17) is 9.84 Å². The van der Waals surface area contributed by atoms with E-state index in [-0.39, 0.29) is 11.9 Å². The van der Waals surface area contributed by atoms with Gasteiger partial charge < -0.3 is 15.4 Å². The first-order valence-corrected chi connectivity index (χ1v) is 9.97. The Morgan fingerprint density at radius 2 is 2.07 bits per heavy atom. The number of nitrogens with one attached hydrogen (secondary N) is 2. The molecule has 6 nitrogen and oxygen atoms in total. The number of carbonyl (C=O) groups excluding carboxylic acids is 1. The summed E-state index contributed by atoms with van der Waals surface area (Å²) in [4.78, 5) is 13.1. The van der Waals surface area contributed by atoms with Crippen LogP contribution >= 0.6 is 0 Å². The molecule has 0 radical (unpaired) electrons. The number of carbonyl (C=O) groups is 1. The summed E-state index contributed by atoms with van der Waals surface area (Å²) in [5.74, 6) is 0.630. The summed E-state index contributed by atoms with van der Waals surface area (Å²) in [5.41, 5.74) is 4.15. The molecule has 3 aromatic rings. The molecule has 1 aliphatic heterocycles. The van der Waals surface area contributed by atoms with E-state index in [0.717, 1.165) is 42.9 Å². The number of aromatic nitrogens is 2. The Morgan fingerprint density at radius 1 is 1.24 bits per heavy atom. The summed E-state index contributed by atoms with van der Waals surface area (Å²) >= 11 is 0. The van der Waals surface area contributed by atoms with Gasteiger partial charge in [-0.05, 0) is 50.6 Å². The monoisotopic (exact) mass is 390 g/mol. The number of rotatable bonds is 5. The van der Waals surface area contributed by atoms with E-state index in [1.165, 1.54) is 5.56 Å². The van der Waals surface area contributed by atoms with Gasteiger partial charge in [-0.25, -0.2) is 4.68 Å². The predicted molar refractivity (Wildman–Crippen MR) is 114 cm³/mol. The number of ether oxygens (including phenoxy) is 1. The van der Waals surface area contributed by atoms with Crippen LogP contribution in [0.15, 0.2) is 54.7 Å². The van der Waals surface area contributed by atoms with Crippen molar-refractivity contribution in [3.63, 3.8) is 0 Å². The average Bonchev–Trinajstić information content (AvgIpc) is 3.21. The Kier molecular flexibility index (Phi) is 5.62. The van der Waals surface area contributed by atoms with E-state index in [9.17, 15) is 4.79 Å². The minimum atomic E-state index is -0.102. The zero-order valence-corrected chi connectivity index (χ0v) is 16.8. The number of piperidine rings is 1. The van der Waals surface area contributed by atoms with Crippen molar-refractivity contribution in [3.8, 4) is 22.7 Å². The molecule has 150 valence electrons. The molecule has 1 amide bonds. The second-order valence-corrected chi connectivity index (χ2v) is 7.42. The van der Waals surface area contributed by atoms with Crippen LogP contribution in [0.2, 0.25) is 0 Å². The topological polar surface area (TPSA) is 68.2 Å². The van der Waals surface area contributed by atoms with Gasteiger partial charge in [-0.2, -0.15) is 5.10 Å². The van der Waals surface area contributed by atoms with Gasteiger partial charge in [0.2, 0.25) is 0 Å². The highest BCUT2D eigenvalue weighted by atomic mass is 16.5. The van der Waals surface area contributed by atoms with Crippen molar-refractivity contribution in [2.24, 2.45) is 0 Å². The van der Waals surface area contributed by atoms with Crippen LogP contribution in [-0.2, 0) is 0 Å². The van der Waals surface area contributed by atoms with Crippen molar-refractivity contribution in [3.05, 3.63) is 65.9 Å². The third-order valence-electron chi connectivity index (χ3n) is 5.23. The van der Waals surface area contributed by atoms with Gasteiger partial charge in [0.05, 0.1) is 18.4 Å². The van der Waals surface area contributed by atoms with Crippen LogP contribution < -0.4 is 15.4 Å². The molecule has 0 bridgehead atoms. The molecule has 2 heterocycles. The number of hydrogen-bond acceptors (Lipinski definition) is 4. The number of nitrogens with zero attached hydrogens (tertiary/aromatic N) is 2. The molecule has 6 heteroatoms. The maximum Gasteiger partial charge on any atom is 0.255 e. The molecule has 2 aromatic carbocycles. The van der Waals surface area contributed by atoms with Crippen molar-refractivity contribution in [2.45, 2.75) is 25.8 Å². The molecule has 4 rings (SSSR count). The highest BCUT2D eigenvalue weighted by Gasteiger charge is 2.22. The van der Waals surface area contributed by atoms with E-state index in [2.05, 4.69) is 10.6 Å². The van der Waals surface area contributed by atoms with E-state index in [1.54, 1.807) is 11.8 Å². The molecular weight excluding hydrogens is 364 g/mol. The predicted octanol–water partition coefficient (Wildman–Crippen LogP) is 3.34. The number of benzene rings is 2. The maximum absolute atomic E-state index is 13.1. The molecule has 1 aromatic heterocycles. The molecule has 1 aliphatic rings. The first kappa shape index (κ1) is 19.2. The standard InChI is InChI=1S/C23H26N4O2/c1-16-8-10-19(11-9-16)27-15-21(23(28)25-18-6-4-12-24-14-18)22(26-27)17-5-3-7-20(13-17)29-2/h3,5,7-11,13,15,18,24H,4,6,12,14H2,1-2H3,(H,25,28). The fraction of sp³-hybridized carbons (Fsp3) is 0.304. The summed E-state index contributed by atoms with van der Waals surface area (Å²) in [6, 6.07) is 15.9. The molecule has 1 atom stereocenters. The van der Waals surface area contributed by atoms with Crippen LogP contribution in [0, 0.1) is 6.92 Å². The van der Waals surface area contributed by atoms with E-state index in [0.29, 0.717) is 11.3 Å². The Morgan fingerprint density at radius 3 is 2.79 bits per heavy atom. The Hall–Kier alpha value is -3.12. The van der Waals surface area contributed by atoms with Gasteiger partial charge in [-0.15, -0.1) is 0 Å². The number of aryl methyl sites for hydroxylation is 1. The van der Waals surface area contributed by atoms with Gasteiger partial charge in [-0.1, -0.05) is 29.8 Å². The minimum Gasteiger partial charge on any atom is -0.497 e. The lowest BCUT2D eigenvalue weighted by Gasteiger charge is -2.23. The third kappa shape index (κ3) is 4.32. The molecule has 0 spiro atoms. The van der Waals surface area contributed by atoms with Crippen LogP contribution in [0.25, 0.3) is 16.9 Å². The average molecular weight is 390 g/mol. The SMILES string of the molecule is COc1cccc(-c2nn(-c3ccc(C)cc3)cc2C(=O)NC2CCCNC2)c1. The summed E-state index contributed by atoms with van der Waals surface area (Å²) in [6.07, 6.45) is 3.86. The summed E-state index contributed by atoms with van der Waals surface area (Å²) in [6.45, 7) is 3.85. The van der Waals surface area contributed by atoms with Crippen LogP contribution in [-0.4, -0.2) is 41.9 Å². The summed E-state index contributed by atoms with van der Waals surface area (Å²) in [5, 5.41) is 11.3. The Labute approximate surface area is 170 Å². The Bertz CT molecular complexity index is 988. The molecule has 0 saturated carbocycles. The van der Waals surface area contributed by atoms with Crippen LogP contribution in [0.1, 0.15) is 28.8 Å². The first-order valence-electron chi connectivity index (χ1n) is 9.97. The largest absolute Gasteiger partial charge is 0.497 e. The van der Waals surface area contributed by atoms with E-state index in [1.807, 2.05) is 61.7 Å². The van der Waals surface area contributed by atoms with Crippen molar-refractivity contribution in [1.82, 2.24) is 20.4 Å². The quantitative estimate of drug-likeness (QED) is 0.701. The van der Waals surface area contributed by atoms with Gasteiger partial charge in [0.15, 0.2) is 0 Å². The minimum absolute atomic E-state index is 0.102. The molecule has 2 N–H and O–H groups in total. The second kappa shape index (κ2) is 8.49. The van der Waals surface area contributed by atoms with E-state index >= 15 is 0 Å². The van der Waals surface area contributed by atoms with Crippen molar-refractivity contribution >= 4 is 5.91 Å². The summed E-state index contributed by atoms with van der Waals surface area (Å²) in [7, 11) is 1.63. The van der Waals surface area contributed by atoms with Crippen molar-refractivity contribution in [2.75, 3.05) is 20.2 Å². The molecule has 1 fully saturated rings. The molecule has 1 saturated heterocycles. The van der Waals surface area contributed by atoms with Gasteiger partial charge in [0.1, 0.15) is 11.4 Å². The smallest absolute Gasteiger partial charge is 0.255 e. The normalized spacial score (nSPS) is 16.4. The van der Waals surface area contributed by atoms with Crippen LogP contribution in [0.4, 0.5) is 0 Å². The molecule has 29 heavy (non-hydrogen) atoms. The zero-order chi connectivity index (χ0) is 20.2. The van der Waals surface area contributed by atoms with Crippen LogP contribution in [0.3, 0.4) is 0 Å². The second-order valence-electron chi connectivity index (χ2n) is 7.42. The lowest BCUT2D eigenvalue weighted by atomic mass is 10.0. The summed E-state index contributed by atoms with van der Waals surface area (Å²) < 4.78 is 7.13. The first-order chi connectivity index (χ1) is 14.1. The van der Waals surface area contributed by atoms with Gasteiger partial charge in [0, 0.05) is 24.3 Å². The number of hydrogen-bond donors (Lipinski definition) is 2.